The van der Waals surface area contributed by atoms with Gasteiger partial charge in [0, 0.05) is 6.42 Å². The number of carbonyl (C=O) groups is 1. The summed E-state index contributed by atoms with van der Waals surface area (Å²) in [6.45, 7) is 4.78. The molecular weight excluding hydrogens is 756 g/mol. The van der Waals surface area contributed by atoms with Crippen LogP contribution in [0.25, 0.3) is 0 Å². The van der Waals surface area contributed by atoms with Crippen molar-refractivity contribution in [1.82, 2.24) is 5.32 Å². The van der Waals surface area contributed by atoms with E-state index in [0.717, 1.165) is 44.9 Å². The first-order chi connectivity index (χ1) is 28.5. The Morgan fingerprint density at radius 1 is 0.559 bits per heavy atom. The third kappa shape index (κ3) is 44.3. The Morgan fingerprint density at radius 2 is 0.932 bits per heavy atom. The summed E-state index contributed by atoms with van der Waals surface area (Å²) >= 11 is 0. The molecule has 8 nitrogen and oxygen atoms in total. The Kier molecular flexibility index (Phi) is 40.7. The maximum absolute atomic E-state index is 12.9. The van der Waals surface area contributed by atoms with E-state index in [9.17, 15) is 19.4 Å². The lowest BCUT2D eigenvalue weighted by Crippen LogP contribution is -2.45. The number of nitrogens with one attached hydrogen (secondary N) is 1. The standard InChI is InChI=1S/C50H95N2O6P/c1-6-8-10-12-14-16-18-20-22-24-25-26-27-28-30-32-34-36-38-40-42-44-50(54)51-48(47-58-59(55,56)57-46-45-52(3,4)5)49(53)43-41-39-37-35-33-31-29-23-21-19-17-15-13-11-9-7-2/h21,23-25,33,35,41,43,48-49,53H,6-20,22,26-32,34,36-40,42,44-47H2,1-5H3,(H-,51,54,55,56)/p+1/b23-21+,25-24-,35-33+,43-41+. The van der Waals surface area contributed by atoms with Crippen LogP contribution in [0.2, 0.25) is 0 Å². The fourth-order valence-electron chi connectivity index (χ4n) is 6.83. The van der Waals surface area contributed by atoms with Crippen LogP contribution < -0.4 is 5.32 Å². The van der Waals surface area contributed by atoms with Crippen LogP contribution in [0.4, 0.5) is 0 Å². The number of rotatable bonds is 44. The molecule has 0 aromatic rings. The highest BCUT2D eigenvalue weighted by Crippen LogP contribution is 2.43. The number of hydrogen-bond donors (Lipinski definition) is 3. The van der Waals surface area contributed by atoms with Crippen molar-refractivity contribution >= 4 is 13.7 Å². The second-order valence-electron chi connectivity index (χ2n) is 17.8. The molecule has 0 aliphatic heterocycles. The Bertz CT molecular complexity index is 1100. The van der Waals surface area contributed by atoms with Crippen molar-refractivity contribution in [2.24, 2.45) is 0 Å². The molecule has 0 aliphatic rings. The summed E-state index contributed by atoms with van der Waals surface area (Å²) < 4.78 is 23.6. The topological polar surface area (TPSA) is 105 Å². The molecule has 59 heavy (non-hydrogen) atoms. The fraction of sp³-hybridized carbons (Fsp3) is 0.820. The van der Waals surface area contributed by atoms with Crippen LogP contribution in [0, 0.1) is 0 Å². The van der Waals surface area contributed by atoms with Crippen LogP contribution in [-0.2, 0) is 18.4 Å². The van der Waals surface area contributed by atoms with Gasteiger partial charge < -0.3 is 19.8 Å². The zero-order valence-corrected chi connectivity index (χ0v) is 40.1. The zero-order valence-electron chi connectivity index (χ0n) is 39.2. The number of carbonyl (C=O) groups excluding carboxylic acids is 1. The van der Waals surface area contributed by atoms with E-state index < -0.39 is 20.0 Å². The first-order valence-electron chi connectivity index (χ1n) is 24.5. The predicted molar refractivity (Wildman–Crippen MR) is 254 cm³/mol. The number of unbranched alkanes of at least 4 members (excludes halogenated alkanes) is 25. The second-order valence-corrected chi connectivity index (χ2v) is 19.3. The zero-order chi connectivity index (χ0) is 43.6. The molecule has 3 atom stereocenters. The predicted octanol–water partition coefficient (Wildman–Crippen LogP) is 14.0. The molecule has 3 unspecified atom stereocenters. The molecule has 0 aromatic heterocycles. The molecule has 0 saturated heterocycles. The highest BCUT2D eigenvalue weighted by Gasteiger charge is 2.27. The summed E-state index contributed by atoms with van der Waals surface area (Å²) in [5, 5.41) is 13.8. The molecule has 0 aliphatic carbocycles. The molecule has 0 heterocycles. The Balaban J connectivity index is 4.39. The van der Waals surface area contributed by atoms with E-state index in [-0.39, 0.29) is 19.1 Å². The van der Waals surface area contributed by atoms with Crippen molar-refractivity contribution in [3.05, 3.63) is 48.6 Å². The average Bonchev–Trinajstić information content (AvgIpc) is 3.19. The van der Waals surface area contributed by atoms with Crippen molar-refractivity contribution in [3.63, 3.8) is 0 Å². The number of quaternary nitrogens is 1. The summed E-state index contributed by atoms with van der Waals surface area (Å²) in [6, 6.07) is -0.870. The molecule has 0 saturated carbocycles. The first-order valence-corrected chi connectivity index (χ1v) is 26.0. The van der Waals surface area contributed by atoms with E-state index >= 15 is 0 Å². The maximum Gasteiger partial charge on any atom is 0.472 e. The van der Waals surface area contributed by atoms with Gasteiger partial charge in [-0.15, -0.1) is 0 Å². The minimum absolute atomic E-state index is 0.0524. The minimum Gasteiger partial charge on any atom is -0.387 e. The number of allylic oxidation sites excluding steroid dienone is 7. The molecule has 9 heteroatoms. The van der Waals surface area contributed by atoms with E-state index in [1.54, 1.807) is 6.08 Å². The molecule has 0 aromatic carbocycles. The molecular formula is C50H96N2O6P+. The number of likely N-dealkylation sites (N-methyl/N-ethyl adjacent to an activating group) is 1. The molecule has 1 amide bonds. The van der Waals surface area contributed by atoms with E-state index in [1.165, 1.54) is 148 Å². The SMILES string of the molecule is CCCCCCCC/C=C/CC/C=C/CC/C=C/C(O)C(COP(=O)(O)OCC[N+](C)(C)C)NC(=O)CCCCCCCCCCC/C=C\CCCCCCCCCC. The summed E-state index contributed by atoms with van der Waals surface area (Å²) in [5.41, 5.74) is 0. The highest BCUT2D eigenvalue weighted by molar-refractivity contribution is 7.47. The van der Waals surface area contributed by atoms with Crippen LogP contribution in [-0.4, -0.2) is 73.4 Å². The van der Waals surface area contributed by atoms with Crippen LogP contribution >= 0.6 is 7.82 Å². The fourth-order valence-corrected chi connectivity index (χ4v) is 7.57. The van der Waals surface area contributed by atoms with Gasteiger partial charge in [-0.25, -0.2) is 4.57 Å². The first kappa shape index (κ1) is 57.5. The van der Waals surface area contributed by atoms with Gasteiger partial charge in [0.1, 0.15) is 13.2 Å². The summed E-state index contributed by atoms with van der Waals surface area (Å²) in [5.74, 6) is -0.194. The number of hydrogen-bond acceptors (Lipinski definition) is 5. The molecule has 3 N–H and O–H groups in total. The van der Waals surface area contributed by atoms with Crippen molar-refractivity contribution in [2.75, 3.05) is 40.9 Å². The van der Waals surface area contributed by atoms with Gasteiger partial charge in [-0.05, 0) is 70.6 Å². The third-order valence-electron chi connectivity index (χ3n) is 10.7. The van der Waals surface area contributed by atoms with Crippen LogP contribution in [0.1, 0.15) is 213 Å². The monoisotopic (exact) mass is 852 g/mol. The lowest BCUT2D eigenvalue weighted by atomic mass is 10.0. The van der Waals surface area contributed by atoms with Crippen molar-refractivity contribution in [3.8, 4) is 0 Å². The van der Waals surface area contributed by atoms with Crippen LogP contribution in [0.3, 0.4) is 0 Å². The normalized spacial score (nSPS) is 14.6. The number of nitrogens with zero attached hydrogens (tertiary/aromatic N) is 1. The van der Waals surface area contributed by atoms with Crippen LogP contribution in [0.15, 0.2) is 48.6 Å². The Hall–Kier alpha value is -1.54. The van der Waals surface area contributed by atoms with Gasteiger partial charge in [-0.2, -0.15) is 0 Å². The highest BCUT2D eigenvalue weighted by atomic mass is 31.2. The van der Waals surface area contributed by atoms with Crippen molar-refractivity contribution in [2.45, 2.75) is 225 Å². The van der Waals surface area contributed by atoms with Gasteiger partial charge in [-0.1, -0.05) is 184 Å². The van der Waals surface area contributed by atoms with Crippen molar-refractivity contribution in [1.29, 1.82) is 0 Å². The summed E-state index contributed by atoms with van der Waals surface area (Å²) in [7, 11) is 1.54. The lowest BCUT2D eigenvalue weighted by molar-refractivity contribution is -0.870. The van der Waals surface area contributed by atoms with E-state index in [1.807, 2.05) is 27.2 Å². The Morgan fingerprint density at radius 3 is 1.36 bits per heavy atom. The van der Waals surface area contributed by atoms with E-state index in [0.29, 0.717) is 17.4 Å². The maximum atomic E-state index is 12.9. The van der Waals surface area contributed by atoms with Gasteiger partial charge in [0.25, 0.3) is 0 Å². The van der Waals surface area contributed by atoms with Crippen LogP contribution in [0.5, 0.6) is 0 Å². The third-order valence-corrected chi connectivity index (χ3v) is 11.7. The number of aliphatic hydroxyl groups is 1. The molecule has 0 spiro atoms. The van der Waals surface area contributed by atoms with Crippen molar-refractivity contribution < 1.29 is 32.9 Å². The molecule has 0 bridgehead atoms. The van der Waals surface area contributed by atoms with Gasteiger partial charge >= 0.3 is 7.82 Å². The second kappa shape index (κ2) is 41.8. The van der Waals surface area contributed by atoms with Gasteiger partial charge in [0.05, 0.1) is 39.9 Å². The summed E-state index contributed by atoms with van der Waals surface area (Å²) in [4.78, 5) is 23.2. The smallest absolute Gasteiger partial charge is 0.387 e. The molecule has 0 radical (unpaired) electrons. The quantitative estimate of drug-likeness (QED) is 0.0244. The molecule has 346 valence electrons. The van der Waals surface area contributed by atoms with Gasteiger partial charge in [0.15, 0.2) is 0 Å². The molecule has 0 fully saturated rings. The number of phosphoric acid groups is 1. The van der Waals surface area contributed by atoms with Gasteiger partial charge in [-0.3, -0.25) is 13.8 Å². The lowest BCUT2D eigenvalue weighted by Gasteiger charge is -2.25. The van der Waals surface area contributed by atoms with E-state index in [2.05, 4.69) is 55.6 Å². The minimum atomic E-state index is -4.35. The van der Waals surface area contributed by atoms with E-state index in [4.69, 9.17) is 9.05 Å². The Labute approximate surface area is 365 Å². The average molecular weight is 852 g/mol. The number of amides is 1. The summed E-state index contributed by atoms with van der Waals surface area (Å²) in [6.07, 6.45) is 53.3. The number of aliphatic hydroxyl groups excluding tert-OH is 1. The molecule has 0 rings (SSSR count). The largest absolute Gasteiger partial charge is 0.472 e. The van der Waals surface area contributed by atoms with Gasteiger partial charge in [0.2, 0.25) is 5.91 Å². The number of phosphoric ester groups is 1.